The molecule has 2 fully saturated rings. The number of carbonyl (C=O) groups excluding carboxylic acids is 2. The fourth-order valence-electron chi connectivity index (χ4n) is 2.97. The predicted molar refractivity (Wildman–Crippen MR) is 97.0 cm³/mol. The third-order valence-electron chi connectivity index (χ3n) is 3.95. The SMILES string of the molecule is O=C1NC2C(N1CCCS)N(CCCS)C(=O)N2CCCS. The van der Waals surface area contributed by atoms with Crippen molar-refractivity contribution in [1.29, 1.82) is 0 Å². The average molecular weight is 365 g/mol. The summed E-state index contributed by atoms with van der Waals surface area (Å²) in [6.45, 7) is 1.84. The van der Waals surface area contributed by atoms with E-state index in [1.807, 2.05) is 0 Å². The molecule has 0 bridgehead atoms. The number of urea groups is 2. The molecule has 6 nitrogen and oxygen atoms in total. The molecule has 2 aliphatic rings. The second kappa shape index (κ2) is 8.44. The molecular formula is C13H24N4O2S3. The third-order valence-corrected chi connectivity index (χ3v) is 4.90. The van der Waals surface area contributed by atoms with Crippen LogP contribution in [0, 0.1) is 0 Å². The van der Waals surface area contributed by atoms with Crippen molar-refractivity contribution in [3.05, 3.63) is 0 Å². The van der Waals surface area contributed by atoms with Crippen LogP contribution in [-0.2, 0) is 0 Å². The Bertz CT molecular complexity index is 407. The molecule has 2 aliphatic heterocycles. The van der Waals surface area contributed by atoms with E-state index in [-0.39, 0.29) is 24.4 Å². The summed E-state index contributed by atoms with van der Waals surface area (Å²) in [6, 6.07) is -0.106. The first kappa shape index (κ1) is 17.9. The van der Waals surface area contributed by atoms with Crippen molar-refractivity contribution >= 4 is 49.9 Å². The largest absolute Gasteiger partial charge is 0.323 e. The van der Waals surface area contributed by atoms with Crippen LogP contribution in [0.2, 0.25) is 0 Å². The summed E-state index contributed by atoms with van der Waals surface area (Å²) in [5.74, 6) is 2.15. The van der Waals surface area contributed by atoms with E-state index in [4.69, 9.17) is 0 Å². The number of nitrogens with one attached hydrogen (secondary N) is 1. The van der Waals surface area contributed by atoms with Gasteiger partial charge in [0.1, 0.15) is 12.3 Å². The number of fused-ring (bicyclic) bond motifs is 1. The Balaban J connectivity index is 2.16. The highest BCUT2D eigenvalue weighted by Gasteiger charge is 2.54. The van der Waals surface area contributed by atoms with Crippen LogP contribution in [0.1, 0.15) is 19.3 Å². The van der Waals surface area contributed by atoms with Gasteiger partial charge in [-0.2, -0.15) is 37.9 Å². The third kappa shape index (κ3) is 3.56. The Morgan fingerprint density at radius 3 is 1.86 bits per heavy atom. The lowest BCUT2D eigenvalue weighted by Crippen LogP contribution is -2.47. The first-order chi connectivity index (χ1) is 10.7. The summed E-state index contributed by atoms with van der Waals surface area (Å²) in [5.41, 5.74) is 0. The minimum atomic E-state index is -0.264. The van der Waals surface area contributed by atoms with E-state index in [1.165, 1.54) is 0 Å². The van der Waals surface area contributed by atoms with Gasteiger partial charge in [0.2, 0.25) is 0 Å². The van der Waals surface area contributed by atoms with Crippen molar-refractivity contribution in [2.24, 2.45) is 0 Å². The topological polar surface area (TPSA) is 55.9 Å². The van der Waals surface area contributed by atoms with Gasteiger partial charge >= 0.3 is 12.1 Å². The Hall–Kier alpha value is -0.410. The summed E-state index contributed by atoms with van der Waals surface area (Å²) in [5, 5.41) is 2.95. The minimum absolute atomic E-state index is 0.00515. The molecule has 1 N–H and O–H groups in total. The van der Waals surface area contributed by atoms with E-state index in [0.29, 0.717) is 19.6 Å². The first-order valence-corrected chi connectivity index (χ1v) is 9.52. The number of rotatable bonds is 9. The number of thiol groups is 3. The summed E-state index contributed by atoms with van der Waals surface area (Å²) >= 11 is 12.7. The Kier molecular flexibility index (Phi) is 6.88. The molecule has 0 radical (unpaired) electrons. The van der Waals surface area contributed by atoms with Crippen molar-refractivity contribution in [3.8, 4) is 0 Å². The number of amides is 4. The lowest BCUT2D eigenvalue weighted by molar-refractivity contribution is 0.129. The Labute approximate surface area is 148 Å². The normalized spacial score (nSPS) is 24.2. The molecule has 4 amide bonds. The zero-order valence-corrected chi connectivity index (χ0v) is 15.2. The van der Waals surface area contributed by atoms with Crippen molar-refractivity contribution in [3.63, 3.8) is 0 Å². The Morgan fingerprint density at radius 1 is 0.818 bits per heavy atom. The highest BCUT2D eigenvalue weighted by molar-refractivity contribution is 7.80. The van der Waals surface area contributed by atoms with Crippen LogP contribution in [0.3, 0.4) is 0 Å². The maximum absolute atomic E-state index is 12.7. The van der Waals surface area contributed by atoms with Gasteiger partial charge in [-0.15, -0.1) is 0 Å². The summed E-state index contributed by atoms with van der Waals surface area (Å²) < 4.78 is 0. The molecule has 2 unspecified atom stereocenters. The molecule has 0 aromatic heterocycles. The molecule has 0 saturated carbocycles. The van der Waals surface area contributed by atoms with Gasteiger partial charge in [0.25, 0.3) is 0 Å². The monoisotopic (exact) mass is 364 g/mol. The lowest BCUT2D eigenvalue weighted by Gasteiger charge is -2.29. The van der Waals surface area contributed by atoms with Crippen LogP contribution in [-0.4, -0.2) is 76.0 Å². The van der Waals surface area contributed by atoms with Crippen LogP contribution in [0.15, 0.2) is 0 Å². The van der Waals surface area contributed by atoms with Crippen LogP contribution in [0.4, 0.5) is 9.59 Å². The van der Waals surface area contributed by atoms with Crippen molar-refractivity contribution in [2.45, 2.75) is 31.6 Å². The van der Waals surface area contributed by atoms with Gasteiger partial charge < -0.3 is 15.1 Å². The molecule has 2 rings (SSSR count). The molecule has 2 heterocycles. The van der Waals surface area contributed by atoms with E-state index in [9.17, 15) is 9.59 Å². The number of carbonyl (C=O) groups is 2. The number of nitrogens with zero attached hydrogens (tertiary/aromatic N) is 3. The van der Waals surface area contributed by atoms with E-state index >= 15 is 0 Å². The fraction of sp³-hybridized carbons (Fsp3) is 0.846. The minimum Gasteiger partial charge on any atom is -0.314 e. The summed E-state index contributed by atoms with van der Waals surface area (Å²) in [6.07, 6.45) is 1.95. The van der Waals surface area contributed by atoms with Crippen LogP contribution in [0.5, 0.6) is 0 Å². The highest BCUT2D eigenvalue weighted by atomic mass is 32.1. The number of hydrogen-bond acceptors (Lipinski definition) is 5. The van der Waals surface area contributed by atoms with E-state index in [1.54, 1.807) is 14.7 Å². The van der Waals surface area contributed by atoms with Gasteiger partial charge in [0, 0.05) is 19.6 Å². The molecule has 0 aromatic carbocycles. The molecule has 22 heavy (non-hydrogen) atoms. The van der Waals surface area contributed by atoms with Crippen LogP contribution in [0.25, 0.3) is 0 Å². The van der Waals surface area contributed by atoms with Crippen molar-refractivity contribution in [1.82, 2.24) is 20.0 Å². The quantitative estimate of drug-likeness (QED) is 0.467. The van der Waals surface area contributed by atoms with Crippen LogP contribution < -0.4 is 5.32 Å². The van der Waals surface area contributed by atoms with E-state index in [2.05, 4.69) is 43.2 Å². The van der Waals surface area contributed by atoms with Gasteiger partial charge in [-0.05, 0) is 36.5 Å². The van der Waals surface area contributed by atoms with E-state index < -0.39 is 0 Å². The molecule has 9 heteroatoms. The average Bonchev–Trinajstić information content (AvgIpc) is 2.94. The Morgan fingerprint density at radius 2 is 1.32 bits per heavy atom. The molecular weight excluding hydrogens is 340 g/mol. The van der Waals surface area contributed by atoms with Gasteiger partial charge in [-0.1, -0.05) is 0 Å². The molecule has 2 saturated heterocycles. The predicted octanol–water partition coefficient (Wildman–Crippen LogP) is 1.36. The summed E-state index contributed by atoms with van der Waals surface area (Å²) in [4.78, 5) is 30.2. The van der Waals surface area contributed by atoms with Gasteiger partial charge in [0.15, 0.2) is 0 Å². The van der Waals surface area contributed by atoms with Gasteiger partial charge in [0.05, 0.1) is 0 Å². The standard InChI is InChI=1S/C13H24N4O2S3/c18-12-14-10-11(16(12)5-2-8-21)17(6-3-9-22)13(19)15(10)4-1-7-20/h10-11,20-22H,1-9H2,(H,14,18). The zero-order chi connectivity index (χ0) is 16.1. The van der Waals surface area contributed by atoms with Crippen molar-refractivity contribution < 1.29 is 9.59 Å². The molecule has 0 aromatic rings. The first-order valence-electron chi connectivity index (χ1n) is 7.62. The fourth-order valence-corrected chi connectivity index (χ4v) is 3.39. The molecule has 0 aliphatic carbocycles. The van der Waals surface area contributed by atoms with Crippen molar-refractivity contribution in [2.75, 3.05) is 36.9 Å². The maximum atomic E-state index is 12.7. The summed E-state index contributed by atoms with van der Waals surface area (Å²) in [7, 11) is 0. The van der Waals surface area contributed by atoms with Crippen LogP contribution >= 0.6 is 37.9 Å². The second-order valence-corrected chi connectivity index (χ2v) is 6.74. The maximum Gasteiger partial charge on any atom is 0.323 e. The molecule has 2 atom stereocenters. The molecule has 126 valence electrons. The zero-order valence-electron chi connectivity index (χ0n) is 12.5. The second-order valence-electron chi connectivity index (χ2n) is 5.40. The van der Waals surface area contributed by atoms with E-state index in [0.717, 1.165) is 36.5 Å². The van der Waals surface area contributed by atoms with Gasteiger partial charge in [-0.3, -0.25) is 4.90 Å². The highest BCUT2D eigenvalue weighted by Crippen LogP contribution is 2.29. The lowest BCUT2D eigenvalue weighted by atomic mass is 10.3. The molecule has 0 spiro atoms. The smallest absolute Gasteiger partial charge is 0.314 e. The number of hydrogen-bond donors (Lipinski definition) is 4. The van der Waals surface area contributed by atoms with Gasteiger partial charge in [-0.25, -0.2) is 9.59 Å².